The van der Waals surface area contributed by atoms with E-state index in [1.165, 1.54) is 31.2 Å². The molecule has 1 N–H and O–H groups in total. The number of rotatable bonds is 3. The normalized spacial score (nSPS) is 32.8. The van der Waals surface area contributed by atoms with Crippen molar-refractivity contribution in [2.75, 3.05) is 6.61 Å². The molecule has 3 aliphatic rings. The molecule has 0 heterocycles. The van der Waals surface area contributed by atoms with Crippen molar-refractivity contribution in [3.63, 3.8) is 0 Å². The molecule has 3 aliphatic carbocycles. The third-order valence-electron chi connectivity index (χ3n) is 5.49. The summed E-state index contributed by atoms with van der Waals surface area (Å²) in [6, 6.07) is 6.18. The highest BCUT2D eigenvalue weighted by Gasteiger charge is 2.39. The van der Waals surface area contributed by atoms with E-state index in [9.17, 15) is 0 Å². The van der Waals surface area contributed by atoms with Crippen LogP contribution in [0, 0.1) is 17.8 Å². The summed E-state index contributed by atoms with van der Waals surface area (Å²) < 4.78 is 6.03. The highest BCUT2D eigenvalue weighted by Crippen LogP contribution is 2.48. The van der Waals surface area contributed by atoms with Gasteiger partial charge in [0.25, 0.3) is 0 Å². The molecule has 4 rings (SSSR count). The molecular formula is C17H21NO2. The van der Waals surface area contributed by atoms with Crippen LogP contribution in [-0.2, 0) is 6.42 Å². The number of aryl methyl sites for hydroxylation is 1. The van der Waals surface area contributed by atoms with E-state index in [-0.39, 0.29) is 0 Å². The fourth-order valence-electron chi connectivity index (χ4n) is 4.42. The minimum absolute atomic E-state index is 0.775. The van der Waals surface area contributed by atoms with Gasteiger partial charge in [0.2, 0.25) is 0 Å². The summed E-state index contributed by atoms with van der Waals surface area (Å²) >= 11 is 0. The number of nitrogens with zero attached hydrogens (tertiary/aromatic N) is 1. The van der Waals surface area contributed by atoms with E-state index in [2.05, 4.69) is 11.2 Å². The van der Waals surface area contributed by atoms with Gasteiger partial charge in [0, 0.05) is 5.56 Å². The summed E-state index contributed by atoms with van der Waals surface area (Å²) in [5.41, 5.74) is 3.14. The maximum absolute atomic E-state index is 8.95. The van der Waals surface area contributed by atoms with Crippen molar-refractivity contribution in [1.29, 1.82) is 0 Å². The van der Waals surface area contributed by atoms with E-state index in [1.807, 2.05) is 12.1 Å². The molecule has 3 atom stereocenters. The molecule has 0 radical (unpaired) electrons. The fourth-order valence-corrected chi connectivity index (χ4v) is 4.42. The standard InChI is InChI=1S/C17H21NO2/c19-18-17-6-3-13-9-15(4-5-16(13)17)20-10-14-8-11-1-2-12(14)7-11/h4-5,9,11-12,14,19H,1-3,6-8,10H2/b18-17-. The van der Waals surface area contributed by atoms with Crippen LogP contribution in [0.1, 0.15) is 43.2 Å². The zero-order chi connectivity index (χ0) is 13.5. The smallest absolute Gasteiger partial charge is 0.119 e. The first-order chi connectivity index (χ1) is 9.83. The van der Waals surface area contributed by atoms with Crippen molar-refractivity contribution in [2.24, 2.45) is 22.9 Å². The third-order valence-corrected chi connectivity index (χ3v) is 5.49. The minimum atomic E-state index is 0.775. The zero-order valence-corrected chi connectivity index (χ0v) is 11.7. The molecule has 1 aromatic rings. The molecule has 1 aromatic carbocycles. The van der Waals surface area contributed by atoms with Crippen molar-refractivity contribution in [3.05, 3.63) is 29.3 Å². The molecule has 2 fully saturated rings. The first kappa shape index (κ1) is 12.2. The molecule has 106 valence electrons. The van der Waals surface area contributed by atoms with Crippen LogP contribution < -0.4 is 4.74 Å². The Labute approximate surface area is 119 Å². The summed E-state index contributed by atoms with van der Waals surface area (Å²) in [5.74, 6) is 3.65. The molecule has 3 heteroatoms. The Morgan fingerprint density at radius 1 is 1.20 bits per heavy atom. The van der Waals surface area contributed by atoms with E-state index >= 15 is 0 Å². The highest BCUT2D eigenvalue weighted by atomic mass is 16.5. The molecule has 20 heavy (non-hydrogen) atoms. The van der Waals surface area contributed by atoms with Gasteiger partial charge in [0.05, 0.1) is 12.3 Å². The molecule has 0 amide bonds. The van der Waals surface area contributed by atoms with Crippen LogP contribution in [0.2, 0.25) is 0 Å². The molecule has 2 saturated carbocycles. The molecule has 2 bridgehead atoms. The van der Waals surface area contributed by atoms with Crippen LogP contribution in [-0.4, -0.2) is 17.5 Å². The van der Waals surface area contributed by atoms with Crippen molar-refractivity contribution < 1.29 is 9.94 Å². The number of hydrogen-bond donors (Lipinski definition) is 1. The Balaban J connectivity index is 1.43. The largest absolute Gasteiger partial charge is 0.493 e. The molecule has 3 nitrogen and oxygen atoms in total. The van der Waals surface area contributed by atoms with E-state index in [0.29, 0.717) is 0 Å². The van der Waals surface area contributed by atoms with Gasteiger partial charge in [-0.3, -0.25) is 0 Å². The van der Waals surface area contributed by atoms with Gasteiger partial charge in [0.15, 0.2) is 0 Å². The molecular weight excluding hydrogens is 250 g/mol. The SMILES string of the molecule is O/N=C1/CCc2cc(OCC3CC4CCC3C4)ccc21. The maximum Gasteiger partial charge on any atom is 0.119 e. The Hall–Kier alpha value is -1.51. The van der Waals surface area contributed by atoms with Crippen LogP contribution in [0.4, 0.5) is 0 Å². The average molecular weight is 271 g/mol. The monoisotopic (exact) mass is 271 g/mol. The average Bonchev–Trinajstić information content (AvgIpc) is 3.19. The summed E-state index contributed by atoms with van der Waals surface area (Å²) in [6.45, 7) is 0.876. The molecule has 0 aromatic heterocycles. The van der Waals surface area contributed by atoms with E-state index in [1.54, 1.807) is 0 Å². The minimum Gasteiger partial charge on any atom is -0.493 e. The van der Waals surface area contributed by atoms with E-state index in [4.69, 9.17) is 9.94 Å². The summed E-state index contributed by atoms with van der Waals surface area (Å²) in [7, 11) is 0. The number of hydrogen-bond acceptors (Lipinski definition) is 3. The summed E-state index contributed by atoms with van der Waals surface area (Å²) in [6.07, 6.45) is 7.47. The van der Waals surface area contributed by atoms with Crippen molar-refractivity contribution in [3.8, 4) is 5.75 Å². The maximum atomic E-state index is 8.95. The van der Waals surface area contributed by atoms with Gasteiger partial charge >= 0.3 is 0 Å². The van der Waals surface area contributed by atoms with E-state index in [0.717, 1.165) is 54.2 Å². The Kier molecular flexibility index (Phi) is 2.94. The van der Waals surface area contributed by atoms with Gasteiger partial charge in [-0.15, -0.1) is 0 Å². The van der Waals surface area contributed by atoms with Gasteiger partial charge in [0.1, 0.15) is 5.75 Å². The molecule has 0 spiro atoms. The van der Waals surface area contributed by atoms with Gasteiger partial charge in [-0.05, 0) is 73.6 Å². The van der Waals surface area contributed by atoms with Crippen molar-refractivity contribution in [1.82, 2.24) is 0 Å². The number of fused-ring (bicyclic) bond motifs is 3. The van der Waals surface area contributed by atoms with Crippen molar-refractivity contribution >= 4 is 5.71 Å². The Bertz CT molecular complexity index is 552. The molecule has 3 unspecified atom stereocenters. The van der Waals surface area contributed by atoms with Gasteiger partial charge in [-0.25, -0.2) is 0 Å². The van der Waals surface area contributed by atoms with Crippen LogP contribution in [0.5, 0.6) is 5.75 Å². The van der Waals surface area contributed by atoms with Crippen molar-refractivity contribution in [2.45, 2.75) is 38.5 Å². The number of benzene rings is 1. The van der Waals surface area contributed by atoms with Gasteiger partial charge < -0.3 is 9.94 Å². The van der Waals surface area contributed by atoms with Crippen LogP contribution in [0.25, 0.3) is 0 Å². The van der Waals surface area contributed by atoms with Gasteiger partial charge in [-0.2, -0.15) is 0 Å². The van der Waals surface area contributed by atoms with Crippen LogP contribution >= 0.6 is 0 Å². The lowest BCUT2D eigenvalue weighted by Crippen LogP contribution is -2.18. The second-order valence-electron chi connectivity index (χ2n) is 6.61. The lowest BCUT2D eigenvalue weighted by atomic mass is 9.89. The zero-order valence-electron chi connectivity index (χ0n) is 11.7. The number of oxime groups is 1. The lowest BCUT2D eigenvalue weighted by molar-refractivity contribution is 0.195. The lowest BCUT2D eigenvalue weighted by Gasteiger charge is -2.21. The fraction of sp³-hybridized carbons (Fsp3) is 0.588. The second-order valence-corrected chi connectivity index (χ2v) is 6.61. The van der Waals surface area contributed by atoms with E-state index < -0.39 is 0 Å². The summed E-state index contributed by atoms with van der Waals surface area (Å²) in [5, 5.41) is 12.3. The molecule has 0 saturated heterocycles. The third kappa shape index (κ3) is 2.00. The van der Waals surface area contributed by atoms with Crippen LogP contribution in [0.3, 0.4) is 0 Å². The first-order valence-electron chi connectivity index (χ1n) is 7.80. The Morgan fingerprint density at radius 2 is 2.15 bits per heavy atom. The second kappa shape index (κ2) is 4.80. The predicted molar refractivity (Wildman–Crippen MR) is 77.5 cm³/mol. The first-order valence-corrected chi connectivity index (χ1v) is 7.80. The predicted octanol–water partition coefficient (Wildman–Crippen LogP) is 3.63. The highest BCUT2D eigenvalue weighted by molar-refractivity contribution is 6.04. The molecule has 0 aliphatic heterocycles. The summed E-state index contributed by atoms with van der Waals surface area (Å²) in [4.78, 5) is 0. The van der Waals surface area contributed by atoms with Gasteiger partial charge in [-0.1, -0.05) is 11.6 Å². The Morgan fingerprint density at radius 3 is 2.90 bits per heavy atom. The topological polar surface area (TPSA) is 41.8 Å². The quantitative estimate of drug-likeness (QED) is 0.674. The van der Waals surface area contributed by atoms with Crippen LogP contribution in [0.15, 0.2) is 23.4 Å². The number of ether oxygens (including phenoxy) is 1.